The van der Waals surface area contributed by atoms with Gasteiger partial charge >= 0.3 is 6.09 Å². The highest BCUT2D eigenvalue weighted by atomic mass is 32.1. The number of benzene rings is 1. The highest BCUT2D eigenvalue weighted by Gasteiger charge is 1.99. The Hall–Kier alpha value is -1.62. The van der Waals surface area contributed by atoms with Gasteiger partial charge in [0.05, 0.1) is 0 Å². The van der Waals surface area contributed by atoms with Crippen LogP contribution in [-0.4, -0.2) is 16.3 Å². The van der Waals surface area contributed by atoms with Gasteiger partial charge in [0.25, 0.3) is 0 Å². The summed E-state index contributed by atoms with van der Waals surface area (Å²) in [5.74, 6) is 0. The van der Waals surface area contributed by atoms with E-state index < -0.39 is 6.09 Å². The van der Waals surface area contributed by atoms with Crippen molar-refractivity contribution in [1.82, 2.24) is 10.6 Å². The lowest BCUT2D eigenvalue weighted by molar-refractivity contribution is 0.200. The Morgan fingerprint density at radius 2 is 2.00 bits per heavy atom. The molecule has 1 amide bonds. The largest absolute Gasteiger partial charge is 0.465 e. The van der Waals surface area contributed by atoms with E-state index in [0.717, 1.165) is 5.56 Å². The lowest BCUT2D eigenvalue weighted by Crippen LogP contribution is -2.37. The van der Waals surface area contributed by atoms with Crippen molar-refractivity contribution in [3.8, 4) is 0 Å². The molecule has 0 aromatic heterocycles. The first-order valence-corrected chi connectivity index (χ1v) is 4.41. The van der Waals surface area contributed by atoms with Crippen LogP contribution in [0.25, 0.3) is 0 Å². The normalized spacial score (nSPS) is 9.14. The number of carboxylic acid groups (broad SMARTS) is 1. The molecule has 4 nitrogen and oxygen atoms in total. The van der Waals surface area contributed by atoms with E-state index in [4.69, 9.17) is 17.3 Å². The molecule has 0 saturated carbocycles. The van der Waals surface area contributed by atoms with Crippen molar-refractivity contribution in [2.24, 2.45) is 0 Å². The van der Waals surface area contributed by atoms with E-state index >= 15 is 0 Å². The number of thiocarbonyl (C=S) groups is 1. The van der Waals surface area contributed by atoms with Crippen molar-refractivity contribution in [1.29, 1.82) is 0 Å². The molecule has 0 saturated heterocycles. The van der Waals surface area contributed by atoms with E-state index in [2.05, 4.69) is 5.32 Å². The summed E-state index contributed by atoms with van der Waals surface area (Å²) in [6.07, 6.45) is -1.16. The SMILES string of the molecule is O=C(O)NC(=S)NCc1ccccc1. The molecule has 0 aliphatic rings. The molecule has 0 aliphatic carbocycles. The van der Waals surface area contributed by atoms with Crippen LogP contribution in [0.15, 0.2) is 30.3 Å². The Morgan fingerprint density at radius 3 is 2.57 bits per heavy atom. The maximum atomic E-state index is 10.2. The fourth-order valence-electron chi connectivity index (χ4n) is 0.920. The monoisotopic (exact) mass is 210 g/mol. The highest BCUT2D eigenvalue weighted by Crippen LogP contribution is 1.96. The molecule has 0 aliphatic heterocycles. The third kappa shape index (κ3) is 3.86. The molecule has 14 heavy (non-hydrogen) atoms. The van der Waals surface area contributed by atoms with E-state index in [9.17, 15) is 4.79 Å². The van der Waals surface area contributed by atoms with Gasteiger partial charge in [0.1, 0.15) is 0 Å². The second kappa shape index (κ2) is 5.18. The van der Waals surface area contributed by atoms with Crippen molar-refractivity contribution in [2.45, 2.75) is 6.54 Å². The van der Waals surface area contributed by atoms with Gasteiger partial charge in [-0.15, -0.1) is 0 Å². The molecule has 0 spiro atoms. The van der Waals surface area contributed by atoms with E-state index in [1.165, 1.54) is 0 Å². The number of hydrogen-bond donors (Lipinski definition) is 3. The van der Waals surface area contributed by atoms with Gasteiger partial charge in [0, 0.05) is 6.54 Å². The third-order valence-electron chi connectivity index (χ3n) is 1.52. The number of amides is 1. The van der Waals surface area contributed by atoms with Crippen molar-refractivity contribution >= 4 is 23.4 Å². The van der Waals surface area contributed by atoms with Crippen molar-refractivity contribution < 1.29 is 9.90 Å². The van der Waals surface area contributed by atoms with Crippen LogP contribution in [0.5, 0.6) is 0 Å². The lowest BCUT2D eigenvalue weighted by Gasteiger charge is -2.06. The van der Waals surface area contributed by atoms with Crippen LogP contribution in [0.4, 0.5) is 4.79 Å². The maximum Gasteiger partial charge on any atom is 0.410 e. The quantitative estimate of drug-likeness (QED) is 0.644. The van der Waals surface area contributed by atoms with Crippen LogP contribution < -0.4 is 10.6 Å². The first-order valence-electron chi connectivity index (χ1n) is 4.00. The minimum atomic E-state index is -1.16. The Morgan fingerprint density at radius 1 is 1.36 bits per heavy atom. The molecule has 1 aromatic rings. The smallest absolute Gasteiger partial charge is 0.410 e. The van der Waals surface area contributed by atoms with Crippen molar-refractivity contribution in [2.75, 3.05) is 0 Å². The summed E-state index contributed by atoms with van der Waals surface area (Å²) in [5, 5.41) is 13.3. The number of nitrogens with one attached hydrogen (secondary N) is 2. The molecule has 1 aromatic carbocycles. The second-order valence-electron chi connectivity index (χ2n) is 2.60. The summed E-state index contributed by atoms with van der Waals surface area (Å²) in [7, 11) is 0. The maximum absolute atomic E-state index is 10.2. The summed E-state index contributed by atoms with van der Waals surface area (Å²) >= 11 is 4.73. The fraction of sp³-hybridized carbons (Fsp3) is 0.111. The Labute approximate surface area is 86.9 Å². The first-order chi connectivity index (χ1) is 6.68. The van der Waals surface area contributed by atoms with Crippen LogP contribution in [0.2, 0.25) is 0 Å². The van der Waals surface area contributed by atoms with Crippen molar-refractivity contribution in [3.05, 3.63) is 35.9 Å². The summed E-state index contributed by atoms with van der Waals surface area (Å²) < 4.78 is 0. The number of hydrogen-bond acceptors (Lipinski definition) is 2. The van der Waals surface area contributed by atoms with Crippen LogP contribution in [0.1, 0.15) is 5.56 Å². The Bertz CT molecular complexity index is 327. The van der Waals surface area contributed by atoms with E-state index in [1.807, 2.05) is 35.6 Å². The van der Waals surface area contributed by atoms with Crippen LogP contribution in [0, 0.1) is 0 Å². The average molecular weight is 210 g/mol. The number of carbonyl (C=O) groups is 1. The minimum Gasteiger partial charge on any atom is -0.465 e. The molecule has 0 bridgehead atoms. The minimum absolute atomic E-state index is 0.112. The molecule has 74 valence electrons. The second-order valence-corrected chi connectivity index (χ2v) is 3.01. The van der Waals surface area contributed by atoms with E-state index in [0.29, 0.717) is 6.54 Å². The zero-order chi connectivity index (χ0) is 10.4. The Balaban J connectivity index is 2.34. The van der Waals surface area contributed by atoms with E-state index in [1.54, 1.807) is 0 Å². The van der Waals surface area contributed by atoms with Gasteiger partial charge in [-0.3, -0.25) is 5.32 Å². The van der Waals surface area contributed by atoms with Gasteiger partial charge in [-0.05, 0) is 17.8 Å². The van der Waals surface area contributed by atoms with E-state index in [-0.39, 0.29) is 5.11 Å². The van der Waals surface area contributed by atoms with Gasteiger partial charge in [-0.25, -0.2) is 4.79 Å². The lowest BCUT2D eigenvalue weighted by atomic mass is 10.2. The molecular formula is C9H10N2O2S. The highest BCUT2D eigenvalue weighted by molar-refractivity contribution is 7.80. The molecule has 1 rings (SSSR count). The zero-order valence-electron chi connectivity index (χ0n) is 7.36. The predicted molar refractivity (Wildman–Crippen MR) is 57.0 cm³/mol. The van der Waals surface area contributed by atoms with Gasteiger partial charge in [0.2, 0.25) is 0 Å². The van der Waals surface area contributed by atoms with Gasteiger partial charge in [-0.2, -0.15) is 0 Å². The molecule has 5 heteroatoms. The summed E-state index contributed by atoms with van der Waals surface area (Å²) in [4.78, 5) is 10.2. The molecule has 0 atom stereocenters. The molecule has 0 fully saturated rings. The molecular weight excluding hydrogens is 200 g/mol. The molecule has 0 radical (unpaired) electrons. The van der Waals surface area contributed by atoms with Gasteiger partial charge in [-0.1, -0.05) is 30.3 Å². The fourth-order valence-corrected chi connectivity index (χ4v) is 1.08. The summed E-state index contributed by atoms with van der Waals surface area (Å²) in [6, 6.07) is 9.58. The summed E-state index contributed by atoms with van der Waals surface area (Å²) in [6.45, 7) is 0.514. The van der Waals surface area contributed by atoms with Crippen LogP contribution in [0.3, 0.4) is 0 Å². The standard InChI is InChI=1S/C9H10N2O2S/c12-9(13)11-8(14)10-6-7-4-2-1-3-5-7/h1-5H,6H2,(H,12,13)(H2,10,11,14). The first kappa shape index (κ1) is 10.5. The average Bonchev–Trinajstić information content (AvgIpc) is 2.15. The van der Waals surface area contributed by atoms with Crippen LogP contribution >= 0.6 is 12.2 Å². The predicted octanol–water partition coefficient (Wildman–Crippen LogP) is 1.33. The molecule has 0 unspecified atom stereocenters. The molecule has 3 N–H and O–H groups in total. The van der Waals surface area contributed by atoms with Crippen LogP contribution in [-0.2, 0) is 6.54 Å². The topological polar surface area (TPSA) is 61.4 Å². The Kier molecular flexibility index (Phi) is 3.87. The summed E-state index contributed by atoms with van der Waals surface area (Å²) in [5.41, 5.74) is 1.04. The third-order valence-corrected chi connectivity index (χ3v) is 1.76. The number of rotatable bonds is 2. The zero-order valence-corrected chi connectivity index (χ0v) is 8.17. The van der Waals surface area contributed by atoms with Gasteiger partial charge < -0.3 is 10.4 Å². The van der Waals surface area contributed by atoms with Gasteiger partial charge in [0.15, 0.2) is 5.11 Å². The molecule has 0 heterocycles. The van der Waals surface area contributed by atoms with Crippen molar-refractivity contribution in [3.63, 3.8) is 0 Å².